The van der Waals surface area contributed by atoms with Crippen molar-refractivity contribution in [2.75, 3.05) is 0 Å². The van der Waals surface area contributed by atoms with Crippen LogP contribution in [-0.4, -0.2) is 21.8 Å². The van der Waals surface area contributed by atoms with Crippen molar-refractivity contribution in [2.24, 2.45) is 5.41 Å². The zero-order chi connectivity index (χ0) is 27.6. The number of hydrogen-bond donors (Lipinski definition) is 2. The fourth-order valence-electron chi connectivity index (χ4n) is 4.32. The summed E-state index contributed by atoms with van der Waals surface area (Å²) >= 11 is 0. The Balaban J connectivity index is 2.51. The fraction of sp³-hybridized carbons (Fsp3) is 0.394. The molecular formula is C33H42O4. The Morgan fingerprint density at radius 1 is 0.784 bits per heavy atom. The van der Waals surface area contributed by atoms with Gasteiger partial charge in [-0.05, 0) is 80.1 Å². The molecule has 0 heterocycles. The van der Waals surface area contributed by atoms with Crippen molar-refractivity contribution in [3.05, 3.63) is 99.9 Å². The normalized spacial score (nSPS) is 19.9. The number of carbonyl (C=O) groups is 2. The Hall–Kier alpha value is -3.40. The van der Waals surface area contributed by atoms with E-state index in [0.717, 1.165) is 42.9 Å². The molecule has 2 N–H and O–H groups in total. The lowest BCUT2D eigenvalue weighted by molar-refractivity contribution is -0.136. The Labute approximate surface area is 222 Å². The van der Waals surface area contributed by atoms with Gasteiger partial charge in [0.25, 0.3) is 0 Å². The molecule has 0 unspecified atom stereocenters. The summed E-state index contributed by atoms with van der Waals surface area (Å²) in [6.45, 7) is 12.3. The van der Waals surface area contributed by atoms with Gasteiger partial charge in [-0.2, -0.15) is 0 Å². The van der Waals surface area contributed by atoms with Crippen LogP contribution in [0.4, 0.5) is 0 Å². The molecule has 0 aromatic heterocycles. The van der Waals surface area contributed by atoms with E-state index < -0.39 is 22.7 Å². The number of allylic oxidation sites excluding steroid dienone is 10. The molecule has 0 bridgehead atoms. The zero-order valence-electron chi connectivity index (χ0n) is 23.2. The molecule has 1 aliphatic carbocycles. The van der Waals surface area contributed by atoms with Crippen LogP contribution >= 0.6 is 0 Å². The number of carbonyl (C=O) groups excluding carboxylic acids is 2. The lowest BCUT2D eigenvalue weighted by Gasteiger charge is -2.32. The van der Waals surface area contributed by atoms with Crippen LogP contribution in [0.1, 0.15) is 85.6 Å². The third kappa shape index (κ3) is 8.31. The van der Waals surface area contributed by atoms with E-state index >= 15 is 0 Å². The number of ketones is 2. The van der Waals surface area contributed by atoms with Gasteiger partial charge in [0.1, 0.15) is 22.5 Å². The van der Waals surface area contributed by atoms with Gasteiger partial charge in [-0.1, -0.05) is 76.9 Å². The van der Waals surface area contributed by atoms with Gasteiger partial charge < -0.3 is 10.2 Å². The summed E-state index contributed by atoms with van der Waals surface area (Å²) < 4.78 is 0. The average molecular weight is 503 g/mol. The van der Waals surface area contributed by atoms with Gasteiger partial charge in [0.2, 0.25) is 0 Å². The van der Waals surface area contributed by atoms with Crippen molar-refractivity contribution in [1.29, 1.82) is 0 Å². The zero-order valence-corrected chi connectivity index (χ0v) is 23.2. The van der Waals surface area contributed by atoms with E-state index in [4.69, 9.17) is 0 Å². The fourth-order valence-corrected chi connectivity index (χ4v) is 4.32. The number of Topliss-reactive ketones (excluding diaryl/α,β-unsaturated/α-hetero) is 1. The third-order valence-corrected chi connectivity index (χ3v) is 6.72. The first kappa shape index (κ1) is 29.8. The van der Waals surface area contributed by atoms with Crippen LogP contribution in [0.5, 0.6) is 0 Å². The molecule has 0 aliphatic heterocycles. The molecule has 198 valence electrons. The van der Waals surface area contributed by atoms with Crippen LogP contribution < -0.4 is 0 Å². The Kier molecular flexibility index (Phi) is 11.1. The second kappa shape index (κ2) is 13.8. The van der Waals surface area contributed by atoms with Crippen LogP contribution in [0.3, 0.4) is 0 Å². The SMILES string of the molecule is CC(C)=CCC/C(C)=C/CC1(C/C=C(\C)CCC=C(C)C)C(=O)C=C(O)C(=C(O)c2ccccc2)C1=O. The molecule has 1 aromatic rings. The first-order valence-electron chi connectivity index (χ1n) is 13.0. The highest BCUT2D eigenvalue weighted by molar-refractivity contribution is 6.24. The van der Waals surface area contributed by atoms with E-state index in [1.54, 1.807) is 30.3 Å². The lowest BCUT2D eigenvalue weighted by atomic mass is 9.67. The highest BCUT2D eigenvalue weighted by atomic mass is 16.3. The molecule has 0 radical (unpaired) electrons. The number of aliphatic hydroxyl groups excluding tert-OH is 2. The Bertz CT molecular complexity index is 1120. The van der Waals surface area contributed by atoms with E-state index in [9.17, 15) is 19.8 Å². The van der Waals surface area contributed by atoms with Crippen molar-refractivity contribution in [1.82, 2.24) is 0 Å². The highest BCUT2D eigenvalue weighted by Gasteiger charge is 2.49. The molecule has 0 amide bonds. The third-order valence-electron chi connectivity index (χ3n) is 6.72. The van der Waals surface area contributed by atoms with Crippen molar-refractivity contribution >= 4 is 17.3 Å². The average Bonchev–Trinajstić information content (AvgIpc) is 2.83. The van der Waals surface area contributed by atoms with Crippen molar-refractivity contribution in [3.8, 4) is 0 Å². The smallest absolute Gasteiger partial charge is 0.184 e. The van der Waals surface area contributed by atoms with Gasteiger partial charge >= 0.3 is 0 Å². The summed E-state index contributed by atoms with van der Waals surface area (Å²) in [7, 11) is 0. The summed E-state index contributed by atoms with van der Waals surface area (Å²) in [6.07, 6.45) is 13.2. The topological polar surface area (TPSA) is 74.6 Å². The second-order valence-electron chi connectivity index (χ2n) is 10.5. The van der Waals surface area contributed by atoms with Gasteiger partial charge in [-0.3, -0.25) is 9.59 Å². The summed E-state index contributed by atoms with van der Waals surface area (Å²) in [4.78, 5) is 27.4. The summed E-state index contributed by atoms with van der Waals surface area (Å²) in [5, 5.41) is 21.6. The molecule has 1 aliphatic rings. The minimum Gasteiger partial charge on any atom is -0.507 e. The molecule has 2 rings (SSSR count). The van der Waals surface area contributed by atoms with Crippen molar-refractivity contribution < 1.29 is 19.8 Å². The first-order chi connectivity index (χ1) is 17.5. The van der Waals surface area contributed by atoms with Gasteiger partial charge in [-0.25, -0.2) is 0 Å². The summed E-state index contributed by atoms with van der Waals surface area (Å²) in [5.41, 5.74) is 3.49. The molecule has 0 fully saturated rings. The van der Waals surface area contributed by atoms with Crippen LogP contribution in [-0.2, 0) is 9.59 Å². The van der Waals surface area contributed by atoms with Crippen molar-refractivity contribution in [2.45, 2.75) is 80.1 Å². The Morgan fingerprint density at radius 3 is 1.73 bits per heavy atom. The maximum atomic E-state index is 14.0. The highest BCUT2D eigenvalue weighted by Crippen LogP contribution is 2.42. The van der Waals surface area contributed by atoms with Crippen LogP contribution in [0.2, 0.25) is 0 Å². The number of aliphatic hydroxyl groups is 2. The molecule has 1 aromatic carbocycles. The lowest BCUT2D eigenvalue weighted by Crippen LogP contribution is -2.42. The minimum atomic E-state index is -1.42. The van der Waals surface area contributed by atoms with Crippen LogP contribution in [0.25, 0.3) is 5.76 Å². The summed E-state index contributed by atoms with van der Waals surface area (Å²) in [5.74, 6) is -1.77. The number of rotatable bonds is 11. The van der Waals surface area contributed by atoms with E-state index in [0.29, 0.717) is 5.56 Å². The van der Waals surface area contributed by atoms with Crippen molar-refractivity contribution in [3.63, 3.8) is 0 Å². The molecular weight excluding hydrogens is 460 g/mol. The van der Waals surface area contributed by atoms with Crippen LogP contribution in [0, 0.1) is 5.41 Å². The quantitative estimate of drug-likeness (QED) is 0.137. The molecule has 0 saturated heterocycles. The van der Waals surface area contributed by atoms with Crippen LogP contribution in [0.15, 0.2) is 94.3 Å². The molecule has 0 saturated carbocycles. The maximum absolute atomic E-state index is 14.0. The number of hydrogen-bond acceptors (Lipinski definition) is 4. The predicted octanol–water partition coefficient (Wildman–Crippen LogP) is 8.70. The van der Waals surface area contributed by atoms with E-state index in [2.05, 4.69) is 39.8 Å². The minimum absolute atomic E-state index is 0.197. The van der Waals surface area contributed by atoms with Gasteiger partial charge in [-0.15, -0.1) is 0 Å². The molecule has 37 heavy (non-hydrogen) atoms. The first-order valence-corrected chi connectivity index (χ1v) is 13.0. The van der Waals surface area contributed by atoms with E-state index in [1.165, 1.54) is 11.1 Å². The molecule has 0 atom stereocenters. The molecule has 0 spiro atoms. The van der Waals surface area contributed by atoms with E-state index in [-0.39, 0.29) is 24.2 Å². The standard InChI is InChI=1S/C33H42O4/c1-23(2)12-10-14-25(5)18-20-33(21-19-26(6)15-11-13-24(3)4)29(35)22-28(34)30(32(33)37)31(36)27-16-8-7-9-17-27/h7-9,12-13,16-19,22,34,36H,10-11,14-15,20-21H2,1-6H3/b25-18+,26-19+,31-30?. The summed E-state index contributed by atoms with van der Waals surface area (Å²) in [6, 6.07) is 8.63. The largest absolute Gasteiger partial charge is 0.507 e. The van der Waals surface area contributed by atoms with Gasteiger partial charge in [0.05, 0.1) is 0 Å². The van der Waals surface area contributed by atoms with Gasteiger partial charge in [0.15, 0.2) is 11.6 Å². The maximum Gasteiger partial charge on any atom is 0.184 e. The molecule has 4 heteroatoms. The molecule has 4 nitrogen and oxygen atoms in total. The van der Waals surface area contributed by atoms with E-state index in [1.807, 2.05) is 26.0 Å². The second-order valence-corrected chi connectivity index (χ2v) is 10.5. The van der Waals surface area contributed by atoms with Gasteiger partial charge in [0, 0.05) is 11.6 Å². The Morgan fingerprint density at radius 2 is 1.27 bits per heavy atom. The number of benzene rings is 1. The monoisotopic (exact) mass is 502 g/mol. The predicted molar refractivity (Wildman–Crippen MR) is 153 cm³/mol.